The summed E-state index contributed by atoms with van der Waals surface area (Å²) in [7, 11) is 0. The largest absolute Gasteiger partial charge is 0.341 e. The van der Waals surface area contributed by atoms with Crippen molar-refractivity contribution in [3.05, 3.63) is 372 Å². The molecule has 4 aromatic heterocycles. The molecular weight excluding hydrogens is 1810 g/mol. The summed E-state index contributed by atoms with van der Waals surface area (Å²) in [4.78, 5) is 0. The Morgan fingerprint density at radius 3 is 0.907 bits per heavy atom. The Labute approximate surface area is 911 Å². The number of hydrogen-bond acceptors (Lipinski definition) is 0. The Morgan fingerprint density at radius 2 is 0.460 bits per heavy atom. The fourth-order valence-corrected chi connectivity index (χ4v) is 22.3. The van der Waals surface area contributed by atoms with Crippen LogP contribution >= 0.6 is 0 Å². The summed E-state index contributed by atoms with van der Waals surface area (Å²) >= 11 is 0. The Balaban J connectivity index is 0.000000620. The summed E-state index contributed by atoms with van der Waals surface area (Å²) < 4.78 is 10.1. The molecule has 0 aliphatic heterocycles. The van der Waals surface area contributed by atoms with E-state index in [1.807, 2.05) is 166 Å². The van der Waals surface area contributed by atoms with Crippen molar-refractivity contribution in [2.24, 2.45) is 0 Å². The van der Waals surface area contributed by atoms with E-state index in [1.54, 1.807) is 0 Å². The Kier molecular flexibility index (Phi) is 54.7. The van der Waals surface area contributed by atoms with Gasteiger partial charge in [-0.25, -0.2) is 0 Å². The number of rotatable bonds is 4. The number of para-hydroxylation sites is 1. The average molecular weight is 2010 g/mol. The first kappa shape index (κ1) is 132. The molecule has 0 saturated carbocycles. The quantitative estimate of drug-likeness (QED) is 0.167. The van der Waals surface area contributed by atoms with Crippen LogP contribution < -0.4 is 0 Å². The van der Waals surface area contributed by atoms with Crippen LogP contribution in [-0.4, -0.2) is 18.3 Å². The van der Waals surface area contributed by atoms with Crippen LogP contribution in [0.4, 0.5) is 0 Å². The number of nitrogens with zero attached hydrogens (tertiary/aromatic N) is 4. The summed E-state index contributed by atoms with van der Waals surface area (Å²) in [6.07, 6.45) is 4.08. The lowest BCUT2D eigenvalue weighted by atomic mass is 9.92. The molecule has 4 heteroatoms. The van der Waals surface area contributed by atoms with E-state index >= 15 is 0 Å². The monoisotopic (exact) mass is 2000 g/mol. The highest BCUT2D eigenvalue weighted by molar-refractivity contribution is 6.32. The lowest BCUT2D eigenvalue weighted by Gasteiger charge is -2.12. The molecule has 0 bridgehead atoms. The molecule has 0 unspecified atom stereocenters. The van der Waals surface area contributed by atoms with E-state index in [-0.39, 0.29) is 74.3 Å². The molecule has 0 atom stereocenters. The van der Waals surface area contributed by atoms with Crippen LogP contribution in [0.2, 0.25) is 0 Å². The number of aromatic nitrogens is 4. The second-order valence-corrected chi connectivity index (χ2v) is 32.4. The zero-order valence-electron chi connectivity index (χ0n) is 89.6. The van der Waals surface area contributed by atoms with Crippen molar-refractivity contribution >= 4 is 163 Å². The summed E-state index contributed by atoms with van der Waals surface area (Å²) in [5.41, 5.74) is 34.2. The van der Waals surface area contributed by atoms with Gasteiger partial charge in [-0.2, -0.15) is 0 Å². The topological polar surface area (TPSA) is 19.7 Å². The summed E-state index contributed by atoms with van der Waals surface area (Å²) in [5, 5.41) is 30.3. The first-order valence-electron chi connectivity index (χ1n) is 53.9. The molecule has 0 saturated heterocycles. The second kappa shape index (κ2) is 62.0. The predicted octanol–water partition coefficient (Wildman–Crippen LogP) is 48.3. The van der Waals surface area contributed by atoms with Gasteiger partial charge >= 0.3 is 0 Å². The van der Waals surface area contributed by atoms with Gasteiger partial charge in [-0.1, -0.05) is 538 Å². The van der Waals surface area contributed by atoms with Crippen molar-refractivity contribution in [1.82, 2.24) is 18.3 Å². The van der Waals surface area contributed by atoms with Gasteiger partial charge in [-0.05, 0) is 227 Å². The minimum Gasteiger partial charge on any atom is -0.341 e. The molecule has 0 amide bonds. The van der Waals surface area contributed by atoms with E-state index in [0.29, 0.717) is 0 Å². The normalized spacial score (nSPS) is 10.4. The number of hydrogen-bond donors (Lipinski definition) is 0. The van der Waals surface area contributed by atoms with E-state index in [1.165, 1.54) is 252 Å². The zero-order valence-corrected chi connectivity index (χ0v) is 89.6. The van der Waals surface area contributed by atoms with E-state index in [0.717, 1.165) is 51.9 Å². The Hall–Kier alpha value is -13.8. The molecule has 0 spiro atoms. The Morgan fingerprint density at radius 1 is 0.160 bits per heavy atom. The van der Waals surface area contributed by atoms with Crippen LogP contribution in [0.25, 0.3) is 207 Å². The molecular formula is C146H194N4. The van der Waals surface area contributed by atoms with Crippen molar-refractivity contribution in [2.75, 3.05) is 0 Å². The maximum absolute atomic E-state index is 2.55. The molecule has 4 heterocycles. The predicted molar refractivity (Wildman–Crippen MR) is 699 cm³/mol. The summed E-state index contributed by atoms with van der Waals surface area (Å²) in [6.45, 7) is 60.9. The zero-order chi connectivity index (χ0) is 101. The van der Waals surface area contributed by atoms with E-state index < -0.39 is 0 Å². The van der Waals surface area contributed by atoms with Gasteiger partial charge < -0.3 is 18.3 Å². The second-order valence-electron chi connectivity index (χ2n) is 32.4. The minimum absolute atomic E-state index is 0. The van der Waals surface area contributed by atoms with Crippen LogP contribution in [0.1, 0.15) is 313 Å². The molecule has 798 valence electrons. The SMILES string of the molecule is C.C.C.C.C.C.C.C.C.C.CC.CC.CC.CC.CC.CC.CC.CC.CC.CC.CC.CC.CCn1c2c3ccccc3ccc2c2c3c(c4ccccc4c21)-c1ccccc1C3.CCn1c2cc3ccccc3cc2c2c3c(c4ccccc4c21)-c1ccccc1C3.CCn1c2ccc3ccccc3c2c2c3c(c4ccccc4c21)-c1ccccc1C3.CCn1c2ccccc2c2c3c(ccc21)-c1c(ccc2ccccc12)C3. The third-order valence-corrected chi connectivity index (χ3v) is 26.9. The number of aryl methyl sites for hydroxylation is 4. The average Bonchev–Trinajstić information content (AvgIpc) is 1.52. The van der Waals surface area contributed by atoms with Crippen molar-refractivity contribution in [2.45, 2.75) is 320 Å². The van der Waals surface area contributed by atoms with Crippen molar-refractivity contribution < 1.29 is 0 Å². The Bertz CT molecular complexity index is 8080. The maximum Gasteiger partial charge on any atom is 0.0574 e. The molecule has 0 radical (unpaired) electrons. The van der Waals surface area contributed by atoms with Gasteiger partial charge in [0.1, 0.15) is 0 Å². The summed E-state index contributed by atoms with van der Waals surface area (Å²) in [5.74, 6) is 0. The lowest BCUT2D eigenvalue weighted by Crippen LogP contribution is -1.96. The van der Waals surface area contributed by atoms with E-state index in [9.17, 15) is 0 Å². The van der Waals surface area contributed by atoms with E-state index in [4.69, 9.17) is 0 Å². The van der Waals surface area contributed by atoms with Crippen LogP contribution in [0.15, 0.2) is 328 Å². The smallest absolute Gasteiger partial charge is 0.0574 e. The molecule has 150 heavy (non-hydrogen) atoms. The third kappa shape index (κ3) is 22.8. The van der Waals surface area contributed by atoms with Gasteiger partial charge in [0.05, 0.1) is 22.1 Å². The van der Waals surface area contributed by atoms with Gasteiger partial charge in [0.2, 0.25) is 0 Å². The van der Waals surface area contributed by atoms with E-state index in [2.05, 4.69) is 374 Å². The highest BCUT2D eigenvalue weighted by Gasteiger charge is 2.33. The van der Waals surface area contributed by atoms with Crippen molar-refractivity contribution in [1.29, 1.82) is 0 Å². The van der Waals surface area contributed by atoms with Crippen LogP contribution in [0.5, 0.6) is 0 Å². The summed E-state index contributed by atoms with van der Waals surface area (Å²) in [6, 6.07) is 121. The molecule has 4 nitrogen and oxygen atoms in total. The third-order valence-electron chi connectivity index (χ3n) is 26.9. The standard InChI is InChI=1S/3C29H21N.C25H19N.12C2H6.10CH4/c1-2-30-28-21-12-6-3-9-18(21)15-16-24(28)27-25-17-19-10-4-5-11-20(19)26(25)22-13-7-8-14-23(22)29(27)30;1-2-30-25-16-15-18-9-3-5-11-20(18)27(25)28-24-17-19-10-4-6-12-21(19)26(24)22-13-7-8-14-23(22)29(28)30;1-2-30-26-17-19-10-4-3-9-18(19)15-24(26)28-25-16-20-11-5-6-12-21(20)27(25)22-13-7-8-14-23(22)29(28)30;1-2-26-22-10-6-5-9-20(22)25-21-15-17-12-11-16-7-3-4-8-18(16)24(17)19(21)13-14-23(25)26;12*1-2;;;;;;;;;;/h2*3-16H,2,17H2,1H3;3-15,17H,2,16H2,1H3;3-14H,2,15H2,1H3;12*1-2H3;10*1H4. The van der Waals surface area contributed by atoms with Gasteiger partial charge in [0, 0.05) is 113 Å². The molecule has 19 aromatic carbocycles. The van der Waals surface area contributed by atoms with Crippen molar-refractivity contribution in [3.63, 3.8) is 0 Å². The molecule has 4 aliphatic carbocycles. The molecule has 0 N–H and O–H groups in total. The van der Waals surface area contributed by atoms with Crippen LogP contribution in [0, 0.1) is 0 Å². The van der Waals surface area contributed by atoms with Crippen LogP contribution in [0.3, 0.4) is 0 Å². The number of benzene rings is 19. The molecule has 0 fully saturated rings. The first-order valence-corrected chi connectivity index (χ1v) is 53.9. The van der Waals surface area contributed by atoms with Crippen molar-refractivity contribution in [3.8, 4) is 44.5 Å². The first-order chi connectivity index (χ1) is 69.4. The maximum atomic E-state index is 2.55. The fraction of sp³-hybridized carbons (Fsp3) is 0.315. The molecule has 27 rings (SSSR count). The number of fused-ring (bicyclic) bond motifs is 44. The fourth-order valence-electron chi connectivity index (χ4n) is 22.3. The molecule has 23 aromatic rings. The molecule has 4 aliphatic rings. The highest BCUT2D eigenvalue weighted by atomic mass is 15.0. The van der Waals surface area contributed by atoms with Crippen LogP contribution in [-0.2, 0) is 51.9 Å². The highest BCUT2D eigenvalue weighted by Crippen LogP contribution is 2.55. The lowest BCUT2D eigenvalue weighted by molar-refractivity contribution is 0.827. The minimum atomic E-state index is 0. The van der Waals surface area contributed by atoms with Gasteiger partial charge in [-0.3, -0.25) is 0 Å². The van der Waals surface area contributed by atoms with Gasteiger partial charge in [0.25, 0.3) is 0 Å². The van der Waals surface area contributed by atoms with Gasteiger partial charge in [0.15, 0.2) is 0 Å². The van der Waals surface area contributed by atoms with Gasteiger partial charge in [-0.15, -0.1) is 0 Å².